The first kappa shape index (κ1) is 9.76. The van der Waals surface area contributed by atoms with Gasteiger partial charge < -0.3 is 5.32 Å². The Labute approximate surface area is 79.4 Å². The molecular formula is C11H14N2. The maximum Gasteiger partial charge on any atom is 0.0429 e. The van der Waals surface area contributed by atoms with Crippen molar-refractivity contribution < 1.29 is 0 Å². The monoisotopic (exact) mass is 174 g/mol. The highest BCUT2D eigenvalue weighted by Gasteiger charge is 2.05. The molecule has 0 saturated heterocycles. The molecule has 1 aromatic heterocycles. The Morgan fingerprint density at radius 3 is 2.69 bits per heavy atom. The van der Waals surface area contributed by atoms with Crippen molar-refractivity contribution in [2.45, 2.75) is 19.4 Å². The van der Waals surface area contributed by atoms with E-state index >= 15 is 0 Å². The van der Waals surface area contributed by atoms with Gasteiger partial charge in [0.25, 0.3) is 0 Å². The lowest BCUT2D eigenvalue weighted by Gasteiger charge is -2.12. The quantitative estimate of drug-likeness (QED) is 0.706. The van der Waals surface area contributed by atoms with Crippen LogP contribution in [0.5, 0.6) is 0 Å². The predicted octanol–water partition coefficient (Wildman–Crippen LogP) is 1.76. The summed E-state index contributed by atoms with van der Waals surface area (Å²) in [5.74, 6) is 5.96. The van der Waals surface area contributed by atoms with Gasteiger partial charge in [-0.1, -0.05) is 0 Å². The van der Waals surface area contributed by atoms with Crippen molar-refractivity contribution in [3.05, 3.63) is 30.1 Å². The van der Waals surface area contributed by atoms with E-state index in [1.54, 1.807) is 12.4 Å². The normalized spacial score (nSPS) is 11.5. The fourth-order valence-electron chi connectivity index (χ4n) is 1.19. The SMILES string of the molecule is CC#CCC(NC)c1ccncc1. The molecule has 0 fully saturated rings. The molecule has 0 aromatic carbocycles. The molecule has 1 heterocycles. The van der Waals surface area contributed by atoms with E-state index in [-0.39, 0.29) is 0 Å². The van der Waals surface area contributed by atoms with E-state index in [9.17, 15) is 0 Å². The average molecular weight is 174 g/mol. The number of rotatable bonds is 3. The zero-order valence-corrected chi connectivity index (χ0v) is 8.04. The van der Waals surface area contributed by atoms with Crippen LogP contribution in [0, 0.1) is 11.8 Å². The second-order valence-electron chi connectivity index (χ2n) is 2.75. The molecular weight excluding hydrogens is 160 g/mol. The van der Waals surface area contributed by atoms with Gasteiger partial charge in [0.1, 0.15) is 0 Å². The number of hydrogen-bond acceptors (Lipinski definition) is 2. The summed E-state index contributed by atoms with van der Waals surface area (Å²) in [6, 6.07) is 4.34. The van der Waals surface area contributed by atoms with Gasteiger partial charge in [-0.25, -0.2) is 0 Å². The van der Waals surface area contributed by atoms with Crippen molar-refractivity contribution in [3.8, 4) is 11.8 Å². The van der Waals surface area contributed by atoms with Gasteiger partial charge in [-0.3, -0.25) is 4.98 Å². The smallest absolute Gasteiger partial charge is 0.0429 e. The summed E-state index contributed by atoms with van der Waals surface area (Å²) in [7, 11) is 1.95. The summed E-state index contributed by atoms with van der Waals surface area (Å²) in [5.41, 5.74) is 1.24. The van der Waals surface area contributed by atoms with E-state index < -0.39 is 0 Å². The van der Waals surface area contributed by atoms with Gasteiger partial charge in [0.15, 0.2) is 0 Å². The lowest BCUT2D eigenvalue weighted by molar-refractivity contribution is 0.610. The van der Waals surface area contributed by atoms with E-state index in [1.165, 1.54) is 5.56 Å². The fraction of sp³-hybridized carbons (Fsp3) is 0.364. The van der Waals surface area contributed by atoms with E-state index in [2.05, 4.69) is 22.1 Å². The van der Waals surface area contributed by atoms with Crippen molar-refractivity contribution >= 4 is 0 Å². The highest BCUT2D eigenvalue weighted by atomic mass is 14.9. The Balaban J connectivity index is 2.70. The van der Waals surface area contributed by atoms with E-state index in [1.807, 2.05) is 26.1 Å². The molecule has 0 aliphatic carbocycles. The minimum atomic E-state index is 0.315. The molecule has 2 nitrogen and oxygen atoms in total. The van der Waals surface area contributed by atoms with Gasteiger partial charge >= 0.3 is 0 Å². The topological polar surface area (TPSA) is 24.9 Å². The lowest BCUT2D eigenvalue weighted by atomic mass is 10.1. The van der Waals surface area contributed by atoms with Crippen LogP contribution in [-0.2, 0) is 0 Å². The third-order valence-corrected chi connectivity index (χ3v) is 1.94. The van der Waals surface area contributed by atoms with Gasteiger partial charge in [0.2, 0.25) is 0 Å². The lowest BCUT2D eigenvalue weighted by Crippen LogP contribution is -2.15. The standard InChI is InChI=1S/C11H14N2/c1-3-4-5-11(12-2)10-6-8-13-9-7-10/h6-9,11-12H,5H2,1-2H3. The predicted molar refractivity (Wildman–Crippen MR) is 54.1 cm³/mol. The first-order chi connectivity index (χ1) is 6.38. The molecule has 0 bridgehead atoms. The largest absolute Gasteiger partial charge is 0.312 e. The van der Waals surface area contributed by atoms with Gasteiger partial charge in [0.05, 0.1) is 0 Å². The summed E-state index contributed by atoms with van der Waals surface area (Å²) in [4.78, 5) is 3.98. The van der Waals surface area contributed by atoms with E-state index in [4.69, 9.17) is 0 Å². The molecule has 0 spiro atoms. The van der Waals surface area contributed by atoms with Crippen LogP contribution in [0.2, 0.25) is 0 Å². The van der Waals surface area contributed by atoms with E-state index in [0.29, 0.717) is 6.04 Å². The number of nitrogens with zero attached hydrogens (tertiary/aromatic N) is 1. The molecule has 1 aromatic rings. The first-order valence-electron chi connectivity index (χ1n) is 4.35. The molecule has 0 aliphatic heterocycles. The summed E-state index contributed by atoms with van der Waals surface area (Å²) in [6.07, 6.45) is 4.45. The molecule has 0 aliphatic rings. The second-order valence-corrected chi connectivity index (χ2v) is 2.75. The summed E-state index contributed by atoms with van der Waals surface area (Å²) < 4.78 is 0. The number of pyridine rings is 1. The van der Waals surface area contributed by atoms with Crippen LogP contribution < -0.4 is 5.32 Å². The second kappa shape index (κ2) is 5.34. The molecule has 68 valence electrons. The Bertz CT molecular complexity index is 295. The zero-order chi connectivity index (χ0) is 9.52. The molecule has 1 unspecified atom stereocenters. The zero-order valence-electron chi connectivity index (χ0n) is 8.04. The summed E-state index contributed by atoms with van der Waals surface area (Å²) >= 11 is 0. The molecule has 1 rings (SSSR count). The molecule has 13 heavy (non-hydrogen) atoms. The van der Waals surface area contributed by atoms with Crippen molar-refractivity contribution in [1.82, 2.24) is 10.3 Å². The number of hydrogen-bond donors (Lipinski definition) is 1. The van der Waals surface area contributed by atoms with Crippen molar-refractivity contribution in [2.75, 3.05) is 7.05 Å². The van der Waals surface area contributed by atoms with Crippen LogP contribution in [0.25, 0.3) is 0 Å². The summed E-state index contributed by atoms with van der Waals surface area (Å²) in [6.45, 7) is 1.86. The minimum Gasteiger partial charge on any atom is -0.312 e. The van der Waals surface area contributed by atoms with Crippen LogP contribution in [0.15, 0.2) is 24.5 Å². The fourth-order valence-corrected chi connectivity index (χ4v) is 1.19. The highest BCUT2D eigenvalue weighted by Crippen LogP contribution is 2.13. The molecule has 0 saturated carbocycles. The van der Waals surface area contributed by atoms with Crippen molar-refractivity contribution in [1.29, 1.82) is 0 Å². The van der Waals surface area contributed by atoms with Crippen molar-refractivity contribution in [3.63, 3.8) is 0 Å². The highest BCUT2D eigenvalue weighted by molar-refractivity contribution is 5.17. The van der Waals surface area contributed by atoms with Gasteiger partial charge in [-0.15, -0.1) is 11.8 Å². The Morgan fingerprint density at radius 1 is 1.46 bits per heavy atom. The van der Waals surface area contributed by atoms with Crippen molar-refractivity contribution in [2.24, 2.45) is 0 Å². The third-order valence-electron chi connectivity index (χ3n) is 1.94. The third kappa shape index (κ3) is 2.89. The maximum absolute atomic E-state index is 3.98. The van der Waals surface area contributed by atoms with Crippen LogP contribution in [0.4, 0.5) is 0 Å². The molecule has 1 atom stereocenters. The molecule has 1 N–H and O–H groups in total. The molecule has 2 heteroatoms. The molecule has 0 amide bonds. The Hall–Kier alpha value is -1.33. The average Bonchev–Trinajstić information content (AvgIpc) is 2.21. The van der Waals surface area contributed by atoms with Crippen LogP contribution >= 0.6 is 0 Å². The van der Waals surface area contributed by atoms with E-state index in [0.717, 1.165) is 6.42 Å². The Morgan fingerprint density at radius 2 is 2.15 bits per heavy atom. The number of nitrogens with one attached hydrogen (secondary N) is 1. The summed E-state index contributed by atoms with van der Waals surface area (Å²) in [5, 5.41) is 3.22. The minimum absolute atomic E-state index is 0.315. The Kier molecular flexibility index (Phi) is 4.01. The van der Waals surface area contributed by atoms with Crippen LogP contribution in [0.1, 0.15) is 24.9 Å². The number of aromatic nitrogens is 1. The first-order valence-corrected chi connectivity index (χ1v) is 4.35. The molecule has 0 radical (unpaired) electrons. The van der Waals surface area contributed by atoms with Gasteiger partial charge in [-0.05, 0) is 31.7 Å². The maximum atomic E-state index is 3.98. The van der Waals surface area contributed by atoms with Gasteiger partial charge in [0, 0.05) is 24.9 Å². The van der Waals surface area contributed by atoms with Crippen LogP contribution in [0.3, 0.4) is 0 Å². The van der Waals surface area contributed by atoms with Gasteiger partial charge in [-0.2, -0.15) is 0 Å². The van der Waals surface area contributed by atoms with Crippen LogP contribution in [-0.4, -0.2) is 12.0 Å².